The molecule has 0 atom stereocenters. The number of rotatable bonds is 7. The van der Waals surface area contributed by atoms with E-state index in [1.807, 2.05) is 23.1 Å². The molecule has 4 rings (SSSR count). The van der Waals surface area contributed by atoms with Crippen LogP contribution in [0, 0.1) is 20.8 Å². The molecule has 178 valence electrons. The molecule has 2 aromatic carbocycles. The lowest BCUT2D eigenvalue weighted by molar-refractivity contribution is -0.118. The first-order valence-electron chi connectivity index (χ1n) is 11.1. The van der Waals surface area contributed by atoms with Gasteiger partial charge in [0, 0.05) is 26.2 Å². The van der Waals surface area contributed by atoms with Gasteiger partial charge in [-0.15, -0.1) is 12.4 Å². The average molecular weight is 509 g/mol. The fourth-order valence-electron chi connectivity index (χ4n) is 4.36. The van der Waals surface area contributed by atoms with E-state index < -0.39 is 0 Å². The van der Waals surface area contributed by atoms with E-state index in [-0.39, 0.29) is 18.3 Å². The van der Waals surface area contributed by atoms with Crippen LogP contribution in [-0.4, -0.2) is 55.2 Å². The van der Waals surface area contributed by atoms with Crippen molar-refractivity contribution in [3.63, 3.8) is 0 Å². The lowest BCUT2D eigenvalue weighted by atomic mass is 9.97. The molecule has 1 fully saturated rings. The number of morpholine rings is 1. The van der Waals surface area contributed by atoms with Gasteiger partial charge in [0.05, 0.1) is 29.4 Å². The highest BCUT2D eigenvalue weighted by Crippen LogP contribution is 2.33. The van der Waals surface area contributed by atoms with Gasteiger partial charge in [-0.25, -0.2) is 4.98 Å². The van der Waals surface area contributed by atoms with E-state index >= 15 is 0 Å². The fourth-order valence-corrected chi connectivity index (χ4v) is 5.67. The Bertz CT molecular complexity index is 1090. The summed E-state index contributed by atoms with van der Waals surface area (Å²) in [4.78, 5) is 22.6. The van der Waals surface area contributed by atoms with Gasteiger partial charge in [0.2, 0.25) is 5.91 Å². The van der Waals surface area contributed by atoms with Crippen molar-refractivity contribution in [3.8, 4) is 0 Å². The Morgan fingerprint density at radius 3 is 2.55 bits per heavy atom. The number of carbonyl (C=O) groups excluding carboxylic acids is 1. The minimum Gasteiger partial charge on any atom is -0.379 e. The molecular formula is C25H31Cl2N3O2S. The van der Waals surface area contributed by atoms with Gasteiger partial charge in [-0.2, -0.15) is 0 Å². The SMILES string of the molecule is Cc1cc(C)c(CC(=O)N(CCCN2CCOCC2)c2nc3c(Cl)cccc3s2)c(C)c1.Cl. The summed E-state index contributed by atoms with van der Waals surface area (Å²) in [5.74, 6) is 0.0807. The third-order valence-electron chi connectivity index (χ3n) is 6.02. The van der Waals surface area contributed by atoms with E-state index in [2.05, 4.69) is 37.8 Å². The molecule has 2 heterocycles. The number of aromatic nitrogens is 1. The number of aryl methyl sites for hydroxylation is 3. The van der Waals surface area contributed by atoms with Gasteiger partial charge >= 0.3 is 0 Å². The maximum absolute atomic E-state index is 13.6. The van der Waals surface area contributed by atoms with Crippen molar-refractivity contribution in [3.05, 3.63) is 57.6 Å². The van der Waals surface area contributed by atoms with Crippen LogP contribution in [0.1, 0.15) is 28.7 Å². The fraction of sp³-hybridized carbons (Fsp3) is 0.440. The minimum atomic E-state index is 0. The Hall–Kier alpha value is -1.70. The number of benzene rings is 2. The van der Waals surface area contributed by atoms with Gasteiger partial charge < -0.3 is 4.74 Å². The molecule has 1 aliphatic rings. The van der Waals surface area contributed by atoms with Crippen LogP contribution in [0.5, 0.6) is 0 Å². The standard InChI is InChI=1S/C25H30ClN3O2S.ClH/c1-17-14-18(2)20(19(3)15-17)16-23(30)29(9-5-8-28-10-12-31-13-11-28)25-27-24-21(26)6-4-7-22(24)32-25;/h4,6-7,14-15H,5,8-13,16H2,1-3H3;1H. The predicted molar refractivity (Wildman–Crippen MR) is 140 cm³/mol. The van der Waals surface area contributed by atoms with E-state index in [4.69, 9.17) is 21.3 Å². The first kappa shape index (κ1) is 25.9. The zero-order valence-corrected chi connectivity index (χ0v) is 21.8. The second kappa shape index (κ2) is 11.6. The van der Waals surface area contributed by atoms with Crippen molar-refractivity contribution < 1.29 is 9.53 Å². The number of para-hydroxylation sites is 1. The third kappa shape index (κ3) is 6.25. The number of halogens is 2. The summed E-state index contributed by atoms with van der Waals surface area (Å²) in [6.45, 7) is 11.3. The van der Waals surface area contributed by atoms with Crippen LogP contribution in [0.15, 0.2) is 30.3 Å². The predicted octanol–water partition coefficient (Wildman–Crippen LogP) is 5.59. The van der Waals surface area contributed by atoms with Crippen LogP contribution < -0.4 is 4.90 Å². The summed E-state index contributed by atoms with van der Waals surface area (Å²) in [7, 11) is 0. The van der Waals surface area contributed by atoms with Crippen LogP contribution in [-0.2, 0) is 16.0 Å². The second-order valence-electron chi connectivity index (χ2n) is 8.49. The lowest BCUT2D eigenvalue weighted by Gasteiger charge is -2.28. The minimum absolute atomic E-state index is 0. The molecule has 1 aromatic heterocycles. The monoisotopic (exact) mass is 507 g/mol. The van der Waals surface area contributed by atoms with Crippen molar-refractivity contribution >= 4 is 56.6 Å². The molecule has 8 heteroatoms. The molecule has 0 N–H and O–H groups in total. The number of carbonyl (C=O) groups is 1. The van der Waals surface area contributed by atoms with Crippen molar-refractivity contribution in [1.29, 1.82) is 0 Å². The largest absolute Gasteiger partial charge is 0.379 e. The Balaban J connectivity index is 0.00000306. The molecule has 0 radical (unpaired) electrons. The van der Waals surface area contributed by atoms with E-state index in [0.29, 0.717) is 18.0 Å². The van der Waals surface area contributed by atoms with E-state index in [9.17, 15) is 4.79 Å². The Kier molecular flexibility index (Phi) is 9.13. The number of hydrogen-bond donors (Lipinski definition) is 0. The summed E-state index contributed by atoms with van der Waals surface area (Å²) in [6, 6.07) is 10.1. The summed E-state index contributed by atoms with van der Waals surface area (Å²) < 4.78 is 6.45. The van der Waals surface area contributed by atoms with Crippen LogP contribution in [0.25, 0.3) is 10.2 Å². The van der Waals surface area contributed by atoms with Gasteiger partial charge in [-0.05, 0) is 56.0 Å². The summed E-state index contributed by atoms with van der Waals surface area (Å²) in [6.07, 6.45) is 1.26. The molecule has 1 saturated heterocycles. The molecule has 1 aliphatic heterocycles. The maximum Gasteiger partial charge on any atom is 0.233 e. The molecule has 5 nitrogen and oxygen atoms in total. The van der Waals surface area contributed by atoms with Gasteiger partial charge in [0.15, 0.2) is 5.13 Å². The zero-order valence-electron chi connectivity index (χ0n) is 19.4. The number of thiazole rings is 1. The molecule has 0 saturated carbocycles. The highest BCUT2D eigenvalue weighted by atomic mass is 35.5. The Labute approximate surface area is 211 Å². The smallest absolute Gasteiger partial charge is 0.233 e. The molecule has 0 unspecified atom stereocenters. The lowest BCUT2D eigenvalue weighted by Crippen LogP contribution is -2.39. The normalized spacial score (nSPS) is 14.3. The average Bonchev–Trinajstić information content (AvgIpc) is 3.19. The quantitative estimate of drug-likeness (QED) is 0.417. The number of nitrogens with zero attached hydrogens (tertiary/aromatic N) is 3. The van der Waals surface area contributed by atoms with Crippen LogP contribution in [0.4, 0.5) is 5.13 Å². The van der Waals surface area contributed by atoms with Crippen molar-refractivity contribution in [1.82, 2.24) is 9.88 Å². The van der Waals surface area contributed by atoms with E-state index in [1.54, 1.807) is 0 Å². The molecule has 0 bridgehead atoms. The van der Waals surface area contributed by atoms with Crippen LogP contribution >= 0.6 is 35.3 Å². The van der Waals surface area contributed by atoms with Crippen molar-refractivity contribution in [2.24, 2.45) is 0 Å². The first-order chi connectivity index (χ1) is 15.4. The number of hydrogen-bond acceptors (Lipinski definition) is 5. The first-order valence-corrected chi connectivity index (χ1v) is 12.3. The van der Waals surface area contributed by atoms with Crippen LogP contribution in [0.2, 0.25) is 5.02 Å². The number of fused-ring (bicyclic) bond motifs is 1. The van der Waals surface area contributed by atoms with Crippen molar-refractivity contribution in [2.75, 3.05) is 44.3 Å². The molecule has 33 heavy (non-hydrogen) atoms. The maximum atomic E-state index is 13.6. The number of anilines is 1. The highest BCUT2D eigenvalue weighted by Gasteiger charge is 2.22. The molecule has 3 aromatic rings. The van der Waals surface area contributed by atoms with Crippen molar-refractivity contribution in [2.45, 2.75) is 33.6 Å². The van der Waals surface area contributed by atoms with E-state index in [0.717, 1.165) is 71.3 Å². The van der Waals surface area contributed by atoms with E-state index in [1.165, 1.54) is 16.9 Å². The van der Waals surface area contributed by atoms with Gasteiger partial charge in [0.1, 0.15) is 5.52 Å². The molecular weight excluding hydrogens is 477 g/mol. The highest BCUT2D eigenvalue weighted by molar-refractivity contribution is 7.22. The van der Waals surface area contributed by atoms with Gasteiger partial charge in [-0.1, -0.05) is 46.7 Å². The summed E-state index contributed by atoms with van der Waals surface area (Å²) in [5, 5.41) is 1.35. The number of ether oxygens (including phenoxy) is 1. The molecule has 0 spiro atoms. The second-order valence-corrected chi connectivity index (χ2v) is 9.91. The zero-order chi connectivity index (χ0) is 22.7. The topological polar surface area (TPSA) is 45.7 Å². The summed E-state index contributed by atoms with van der Waals surface area (Å²) in [5.41, 5.74) is 5.42. The number of amides is 1. The summed E-state index contributed by atoms with van der Waals surface area (Å²) >= 11 is 7.90. The van der Waals surface area contributed by atoms with Gasteiger partial charge in [0.25, 0.3) is 0 Å². The third-order valence-corrected chi connectivity index (χ3v) is 7.37. The Morgan fingerprint density at radius 1 is 1.18 bits per heavy atom. The Morgan fingerprint density at radius 2 is 1.88 bits per heavy atom. The molecule has 1 amide bonds. The molecule has 0 aliphatic carbocycles. The van der Waals surface area contributed by atoms with Gasteiger partial charge in [-0.3, -0.25) is 14.6 Å². The van der Waals surface area contributed by atoms with Crippen LogP contribution in [0.3, 0.4) is 0 Å².